The summed E-state index contributed by atoms with van der Waals surface area (Å²) in [4.78, 5) is 11.8. The van der Waals surface area contributed by atoms with Crippen molar-refractivity contribution in [1.82, 2.24) is 0 Å². The van der Waals surface area contributed by atoms with E-state index in [9.17, 15) is 4.79 Å². The minimum atomic E-state index is -0.406. The van der Waals surface area contributed by atoms with Crippen molar-refractivity contribution in [2.24, 2.45) is 17.1 Å². The summed E-state index contributed by atoms with van der Waals surface area (Å²) < 4.78 is 5.10. The zero-order valence-corrected chi connectivity index (χ0v) is 9.21. The van der Waals surface area contributed by atoms with Gasteiger partial charge in [0.15, 0.2) is 0 Å². The van der Waals surface area contributed by atoms with E-state index >= 15 is 0 Å². The lowest BCUT2D eigenvalue weighted by atomic mass is 9.80. The molecule has 0 radical (unpaired) electrons. The van der Waals surface area contributed by atoms with Crippen molar-refractivity contribution in [3.8, 4) is 0 Å². The third-order valence-corrected chi connectivity index (χ3v) is 3.15. The summed E-state index contributed by atoms with van der Waals surface area (Å²) in [6, 6.07) is 0. The van der Waals surface area contributed by atoms with Crippen molar-refractivity contribution >= 4 is 5.97 Å². The van der Waals surface area contributed by atoms with Crippen molar-refractivity contribution in [3.05, 3.63) is 0 Å². The Bertz CT molecular complexity index is 195. The third-order valence-electron chi connectivity index (χ3n) is 3.15. The maximum Gasteiger partial charge on any atom is 0.313 e. The summed E-state index contributed by atoms with van der Waals surface area (Å²) in [6.07, 6.45) is 4.21. The maximum atomic E-state index is 11.8. The third kappa shape index (κ3) is 2.47. The minimum Gasteiger partial charge on any atom is -0.466 e. The molecule has 1 unspecified atom stereocenters. The number of rotatable bonds is 6. The zero-order chi connectivity index (χ0) is 10.6. The van der Waals surface area contributed by atoms with Crippen LogP contribution in [0.2, 0.25) is 0 Å². The van der Waals surface area contributed by atoms with Gasteiger partial charge in [0.05, 0.1) is 12.0 Å². The number of esters is 1. The fourth-order valence-electron chi connectivity index (χ4n) is 1.84. The van der Waals surface area contributed by atoms with Gasteiger partial charge in [-0.2, -0.15) is 0 Å². The van der Waals surface area contributed by atoms with Crippen molar-refractivity contribution in [3.63, 3.8) is 0 Å². The van der Waals surface area contributed by atoms with Crippen LogP contribution >= 0.6 is 0 Å². The van der Waals surface area contributed by atoms with Crippen molar-refractivity contribution in [2.75, 3.05) is 13.2 Å². The molecule has 1 rings (SSSR count). The van der Waals surface area contributed by atoms with Crippen LogP contribution in [0.3, 0.4) is 0 Å². The average molecular weight is 199 g/mol. The van der Waals surface area contributed by atoms with Crippen LogP contribution in [0.4, 0.5) is 0 Å². The molecule has 0 aromatic rings. The Labute approximate surface area is 86.0 Å². The molecule has 1 aliphatic carbocycles. The number of carbonyl (C=O) groups excluding carboxylic acids is 1. The molecule has 0 bridgehead atoms. The van der Waals surface area contributed by atoms with Gasteiger partial charge in [-0.1, -0.05) is 19.8 Å². The first kappa shape index (κ1) is 11.5. The van der Waals surface area contributed by atoms with Crippen LogP contribution in [0.25, 0.3) is 0 Å². The molecule has 0 amide bonds. The molecule has 1 fully saturated rings. The van der Waals surface area contributed by atoms with Crippen molar-refractivity contribution in [2.45, 2.75) is 39.5 Å². The topological polar surface area (TPSA) is 52.3 Å². The fraction of sp³-hybridized carbons (Fsp3) is 0.909. The molecule has 2 N–H and O–H groups in total. The normalized spacial score (nSPS) is 20.2. The molecular weight excluding hydrogens is 178 g/mol. The Balaban J connectivity index is 2.61. The van der Waals surface area contributed by atoms with E-state index in [1.54, 1.807) is 0 Å². The highest BCUT2D eigenvalue weighted by Crippen LogP contribution is 2.42. The van der Waals surface area contributed by atoms with Crippen LogP contribution < -0.4 is 5.73 Å². The quantitative estimate of drug-likeness (QED) is 0.662. The van der Waals surface area contributed by atoms with Crippen LogP contribution in [0, 0.1) is 11.3 Å². The lowest BCUT2D eigenvalue weighted by Gasteiger charge is -2.28. The Morgan fingerprint density at radius 2 is 2.14 bits per heavy atom. The molecule has 3 heteroatoms. The SMILES string of the molecule is CCOC(=O)C(CC)(CN)CC1CC1. The number of ether oxygens (including phenoxy) is 1. The molecular formula is C11H21NO2. The lowest BCUT2D eigenvalue weighted by molar-refractivity contribution is -0.155. The summed E-state index contributed by atoms with van der Waals surface area (Å²) in [5.41, 5.74) is 5.32. The first-order chi connectivity index (χ1) is 6.68. The van der Waals surface area contributed by atoms with E-state index in [0.29, 0.717) is 19.1 Å². The van der Waals surface area contributed by atoms with Gasteiger partial charge in [0.25, 0.3) is 0 Å². The highest BCUT2D eigenvalue weighted by Gasteiger charge is 2.41. The Morgan fingerprint density at radius 3 is 2.50 bits per heavy atom. The van der Waals surface area contributed by atoms with E-state index in [2.05, 4.69) is 0 Å². The Morgan fingerprint density at radius 1 is 1.50 bits per heavy atom. The minimum absolute atomic E-state index is 0.100. The van der Waals surface area contributed by atoms with Gasteiger partial charge in [0, 0.05) is 6.54 Å². The van der Waals surface area contributed by atoms with E-state index in [1.165, 1.54) is 12.8 Å². The molecule has 0 spiro atoms. The Hall–Kier alpha value is -0.570. The van der Waals surface area contributed by atoms with E-state index in [4.69, 9.17) is 10.5 Å². The number of carbonyl (C=O) groups is 1. The summed E-state index contributed by atoms with van der Waals surface area (Å²) in [5, 5.41) is 0. The second-order valence-electron chi connectivity index (χ2n) is 4.21. The monoisotopic (exact) mass is 199 g/mol. The second-order valence-corrected chi connectivity index (χ2v) is 4.21. The van der Waals surface area contributed by atoms with Gasteiger partial charge in [-0.3, -0.25) is 4.79 Å². The zero-order valence-electron chi connectivity index (χ0n) is 9.21. The Kier molecular flexibility index (Phi) is 3.93. The van der Waals surface area contributed by atoms with Crippen molar-refractivity contribution in [1.29, 1.82) is 0 Å². The van der Waals surface area contributed by atoms with E-state index in [0.717, 1.165) is 12.8 Å². The first-order valence-corrected chi connectivity index (χ1v) is 5.55. The van der Waals surface area contributed by atoms with Crippen LogP contribution in [0.1, 0.15) is 39.5 Å². The number of hydrogen-bond donors (Lipinski definition) is 1. The van der Waals surface area contributed by atoms with Gasteiger partial charge in [0.1, 0.15) is 0 Å². The molecule has 82 valence electrons. The first-order valence-electron chi connectivity index (χ1n) is 5.55. The molecule has 14 heavy (non-hydrogen) atoms. The lowest BCUT2D eigenvalue weighted by Crippen LogP contribution is -2.40. The summed E-state index contributed by atoms with van der Waals surface area (Å²) >= 11 is 0. The number of hydrogen-bond acceptors (Lipinski definition) is 3. The van der Waals surface area contributed by atoms with Crippen molar-refractivity contribution < 1.29 is 9.53 Å². The summed E-state index contributed by atoms with van der Waals surface area (Å²) in [5.74, 6) is 0.611. The predicted molar refractivity (Wildman–Crippen MR) is 55.8 cm³/mol. The molecule has 1 saturated carbocycles. The molecule has 0 aromatic heterocycles. The molecule has 0 saturated heterocycles. The van der Waals surface area contributed by atoms with Gasteiger partial charge >= 0.3 is 5.97 Å². The van der Waals surface area contributed by atoms with E-state index in [-0.39, 0.29) is 5.97 Å². The van der Waals surface area contributed by atoms with E-state index < -0.39 is 5.41 Å². The molecule has 1 aliphatic rings. The molecule has 3 nitrogen and oxygen atoms in total. The largest absolute Gasteiger partial charge is 0.466 e. The van der Waals surface area contributed by atoms with Gasteiger partial charge in [-0.25, -0.2) is 0 Å². The fourth-order valence-corrected chi connectivity index (χ4v) is 1.84. The number of nitrogens with two attached hydrogens (primary N) is 1. The van der Waals surface area contributed by atoms with Gasteiger partial charge in [-0.05, 0) is 25.7 Å². The average Bonchev–Trinajstić information content (AvgIpc) is 2.98. The molecule has 1 atom stereocenters. The van der Waals surface area contributed by atoms with Gasteiger partial charge in [0.2, 0.25) is 0 Å². The summed E-state index contributed by atoms with van der Waals surface area (Å²) in [7, 11) is 0. The van der Waals surface area contributed by atoms with E-state index in [1.807, 2.05) is 13.8 Å². The van der Waals surface area contributed by atoms with Gasteiger partial charge < -0.3 is 10.5 Å². The molecule has 0 heterocycles. The smallest absolute Gasteiger partial charge is 0.313 e. The van der Waals surface area contributed by atoms with Crippen LogP contribution in [0.15, 0.2) is 0 Å². The maximum absolute atomic E-state index is 11.8. The van der Waals surface area contributed by atoms with Crippen LogP contribution in [-0.2, 0) is 9.53 Å². The second kappa shape index (κ2) is 4.78. The van der Waals surface area contributed by atoms with Gasteiger partial charge in [-0.15, -0.1) is 0 Å². The standard InChI is InChI=1S/C11H21NO2/c1-3-11(8-12,7-9-5-6-9)10(13)14-4-2/h9H,3-8,12H2,1-2H3. The highest BCUT2D eigenvalue weighted by molar-refractivity contribution is 5.77. The van der Waals surface area contributed by atoms with Crippen LogP contribution in [-0.4, -0.2) is 19.1 Å². The summed E-state index contributed by atoms with van der Waals surface area (Å²) in [6.45, 7) is 4.72. The highest BCUT2D eigenvalue weighted by atomic mass is 16.5. The predicted octanol–water partition coefficient (Wildman–Crippen LogP) is 1.70. The molecule has 0 aliphatic heterocycles. The molecule has 0 aromatic carbocycles. The van der Waals surface area contributed by atoms with Crippen LogP contribution in [0.5, 0.6) is 0 Å².